The van der Waals surface area contributed by atoms with Gasteiger partial charge in [-0.1, -0.05) is 11.6 Å². The molecule has 0 atom stereocenters. The predicted octanol–water partition coefficient (Wildman–Crippen LogP) is 2.98. The number of hydrazine groups is 1. The highest BCUT2D eigenvalue weighted by Gasteiger charge is 2.30. The zero-order chi connectivity index (χ0) is 20.0. The van der Waals surface area contributed by atoms with Gasteiger partial charge in [-0.05, 0) is 50.2 Å². The number of methoxy groups -OCH3 is 2. The normalized spacial score (nSPS) is 10.7. The third-order valence-corrected chi connectivity index (χ3v) is 3.89. The maximum Gasteiger partial charge on any atom is 0.281 e. The van der Waals surface area contributed by atoms with Crippen LogP contribution in [0.5, 0.6) is 17.2 Å². The minimum absolute atomic E-state index is 0.267. The summed E-state index contributed by atoms with van der Waals surface area (Å²) in [6.07, 6.45) is 0. The van der Waals surface area contributed by atoms with Gasteiger partial charge in [-0.15, -0.1) is 0 Å². The van der Waals surface area contributed by atoms with Gasteiger partial charge in [0.2, 0.25) is 0 Å². The van der Waals surface area contributed by atoms with Gasteiger partial charge in [-0.2, -0.15) is 0 Å². The van der Waals surface area contributed by atoms with E-state index in [1.54, 1.807) is 44.2 Å². The molecule has 0 aliphatic rings. The standard InChI is InChI=1S/C19H21ClN2O5/c1-19(2,27-14-7-5-13(20)6-8-14)18(24)22-21-17(23)12-9-15(25-3)11-16(10-12)26-4/h5-11H,1-4H3,(H,21,23)(H,22,24). The molecule has 0 aliphatic carbocycles. The first kappa shape index (κ1) is 20.4. The van der Waals surface area contributed by atoms with Gasteiger partial charge in [0.1, 0.15) is 17.2 Å². The lowest BCUT2D eigenvalue weighted by Crippen LogP contribution is -2.53. The Morgan fingerprint density at radius 3 is 1.96 bits per heavy atom. The highest BCUT2D eigenvalue weighted by atomic mass is 35.5. The molecule has 0 aliphatic heterocycles. The molecule has 0 saturated heterocycles. The van der Waals surface area contributed by atoms with E-state index in [4.69, 9.17) is 25.8 Å². The minimum atomic E-state index is -1.23. The monoisotopic (exact) mass is 392 g/mol. The van der Waals surface area contributed by atoms with Gasteiger partial charge in [-0.25, -0.2) is 0 Å². The molecular formula is C19H21ClN2O5. The van der Waals surface area contributed by atoms with Crippen LogP contribution in [-0.2, 0) is 4.79 Å². The molecule has 27 heavy (non-hydrogen) atoms. The molecule has 0 unspecified atom stereocenters. The first-order valence-electron chi connectivity index (χ1n) is 8.03. The van der Waals surface area contributed by atoms with Crippen LogP contribution in [0.25, 0.3) is 0 Å². The third kappa shape index (κ3) is 5.52. The van der Waals surface area contributed by atoms with E-state index in [9.17, 15) is 9.59 Å². The summed E-state index contributed by atoms with van der Waals surface area (Å²) in [4.78, 5) is 24.7. The van der Waals surface area contributed by atoms with Crippen LogP contribution in [0.2, 0.25) is 5.02 Å². The number of nitrogens with one attached hydrogen (secondary N) is 2. The predicted molar refractivity (Wildman–Crippen MR) is 101 cm³/mol. The SMILES string of the molecule is COc1cc(OC)cc(C(=O)NNC(=O)C(C)(C)Oc2ccc(Cl)cc2)c1. The Bertz CT molecular complexity index is 799. The zero-order valence-corrected chi connectivity index (χ0v) is 16.2. The van der Waals surface area contributed by atoms with E-state index in [1.165, 1.54) is 26.4 Å². The van der Waals surface area contributed by atoms with Crippen molar-refractivity contribution in [3.8, 4) is 17.2 Å². The molecule has 0 fully saturated rings. The molecule has 2 amide bonds. The summed E-state index contributed by atoms with van der Waals surface area (Å²) in [6.45, 7) is 3.16. The number of carbonyl (C=O) groups excluding carboxylic acids is 2. The van der Waals surface area contributed by atoms with Crippen LogP contribution in [-0.4, -0.2) is 31.6 Å². The van der Waals surface area contributed by atoms with Crippen molar-refractivity contribution in [3.05, 3.63) is 53.1 Å². The van der Waals surface area contributed by atoms with Crippen LogP contribution >= 0.6 is 11.6 Å². The van der Waals surface area contributed by atoms with Gasteiger partial charge in [0.25, 0.3) is 11.8 Å². The van der Waals surface area contributed by atoms with Gasteiger partial charge >= 0.3 is 0 Å². The Hall–Kier alpha value is -2.93. The fourth-order valence-corrected chi connectivity index (χ4v) is 2.24. The lowest BCUT2D eigenvalue weighted by Gasteiger charge is -2.25. The summed E-state index contributed by atoms with van der Waals surface area (Å²) in [5.74, 6) is 0.335. The summed E-state index contributed by atoms with van der Waals surface area (Å²) < 4.78 is 15.9. The van der Waals surface area contributed by atoms with Crippen LogP contribution in [0.15, 0.2) is 42.5 Å². The second-order valence-corrected chi connectivity index (χ2v) is 6.51. The van der Waals surface area contributed by atoms with E-state index >= 15 is 0 Å². The Kier molecular flexibility index (Phi) is 6.52. The van der Waals surface area contributed by atoms with Crippen LogP contribution < -0.4 is 25.1 Å². The first-order valence-corrected chi connectivity index (χ1v) is 8.41. The van der Waals surface area contributed by atoms with Gasteiger partial charge in [-0.3, -0.25) is 20.4 Å². The number of benzene rings is 2. The second-order valence-electron chi connectivity index (χ2n) is 6.08. The van der Waals surface area contributed by atoms with Gasteiger partial charge in [0.15, 0.2) is 5.60 Å². The average Bonchev–Trinajstić information content (AvgIpc) is 2.66. The third-order valence-electron chi connectivity index (χ3n) is 3.64. The van der Waals surface area contributed by atoms with Gasteiger partial charge in [0.05, 0.1) is 14.2 Å². The van der Waals surface area contributed by atoms with Crippen molar-refractivity contribution in [2.45, 2.75) is 19.4 Å². The molecule has 2 aromatic rings. The van der Waals surface area contributed by atoms with E-state index in [0.717, 1.165) is 0 Å². The summed E-state index contributed by atoms with van der Waals surface area (Å²) in [6, 6.07) is 11.3. The molecule has 0 bridgehead atoms. The van der Waals surface area contributed by atoms with Crippen molar-refractivity contribution < 1.29 is 23.8 Å². The number of rotatable bonds is 6. The number of amides is 2. The van der Waals surface area contributed by atoms with E-state index in [1.807, 2.05) is 0 Å². The smallest absolute Gasteiger partial charge is 0.281 e. The minimum Gasteiger partial charge on any atom is -0.497 e. The number of ether oxygens (including phenoxy) is 3. The second kappa shape index (κ2) is 8.64. The van der Waals surface area contributed by atoms with Crippen molar-refractivity contribution in [2.24, 2.45) is 0 Å². The summed E-state index contributed by atoms with van der Waals surface area (Å²) in [5.41, 5.74) is 3.75. The molecule has 7 nitrogen and oxygen atoms in total. The van der Waals surface area contributed by atoms with E-state index in [-0.39, 0.29) is 5.56 Å². The van der Waals surface area contributed by atoms with E-state index < -0.39 is 17.4 Å². The molecule has 2 aromatic carbocycles. The molecule has 0 aromatic heterocycles. The fourth-order valence-electron chi connectivity index (χ4n) is 2.12. The Morgan fingerprint density at radius 2 is 1.44 bits per heavy atom. The molecule has 2 N–H and O–H groups in total. The number of hydrogen-bond acceptors (Lipinski definition) is 5. The zero-order valence-electron chi connectivity index (χ0n) is 15.5. The average molecular weight is 393 g/mol. The lowest BCUT2D eigenvalue weighted by molar-refractivity contribution is -0.135. The van der Waals surface area contributed by atoms with Crippen molar-refractivity contribution in [1.82, 2.24) is 10.9 Å². The maximum atomic E-state index is 12.4. The molecule has 0 radical (unpaired) electrons. The lowest BCUT2D eigenvalue weighted by atomic mass is 10.1. The van der Waals surface area contributed by atoms with Gasteiger partial charge < -0.3 is 14.2 Å². The molecular weight excluding hydrogens is 372 g/mol. The molecule has 144 valence electrons. The topological polar surface area (TPSA) is 85.9 Å². The Balaban J connectivity index is 2.01. The van der Waals surface area contributed by atoms with E-state index in [0.29, 0.717) is 22.3 Å². The fraction of sp³-hybridized carbons (Fsp3) is 0.263. The molecule has 0 heterocycles. The Morgan fingerprint density at radius 1 is 0.889 bits per heavy atom. The van der Waals surface area contributed by atoms with Gasteiger partial charge in [0, 0.05) is 16.7 Å². The number of carbonyl (C=O) groups is 2. The van der Waals surface area contributed by atoms with E-state index in [2.05, 4.69) is 10.9 Å². The summed E-state index contributed by atoms with van der Waals surface area (Å²) in [7, 11) is 2.96. The molecule has 2 rings (SSSR count). The van der Waals surface area contributed by atoms with Crippen LogP contribution in [0.4, 0.5) is 0 Å². The molecule has 8 heteroatoms. The Labute approximate surface area is 162 Å². The number of hydrogen-bond donors (Lipinski definition) is 2. The van der Waals surface area contributed by atoms with Crippen molar-refractivity contribution in [1.29, 1.82) is 0 Å². The molecule has 0 saturated carbocycles. The molecule has 0 spiro atoms. The maximum absolute atomic E-state index is 12.4. The van der Waals surface area contributed by atoms with Crippen LogP contribution in [0.1, 0.15) is 24.2 Å². The largest absolute Gasteiger partial charge is 0.497 e. The number of halogens is 1. The first-order chi connectivity index (χ1) is 12.7. The van der Waals surface area contributed by atoms with Crippen molar-refractivity contribution in [2.75, 3.05) is 14.2 Å². The van der Waals surface area contributed by atoms with Crippen LogP contribution in [0.3, 0.4) is 0 Å². The van der Waals surface area contributed by atoms with Crippen molar-refractivity contribution in [3.63, 3.8) is 0 Å². The van der Waals surface area contributed by atoms with Crippen LogP contribution in [0, 0.1) is 0 Å². The summed E-state index contributed by atoms with van der Waals surface area (Å²) >= 11 is 5.83. The highest BCUT2D eigenvalue weighted by molar-refractivity contribution is 6.30. The van der Waals surface area contributed by atoms with Crippen molar-refractivity contribution >= 4 is 23.4 Å². The highest BCUT2D eigenvalue weighted by Crippen LogP contribution is 2.23. The summed E-state index contributed by atoms with van der Waals surface area (Å²) in [5, 5.41) is 0.561. The quantitative estimate of drug-likeness (QED) is 0.738.